The van der Waals surface area contributed by atoms with Gasteiger partial charge in [0.2, 0.25) is 0 Å². The summed E-state index contributed by atoms with van der Waals surface area (Å²) in [6.07, 6.45) is 2.60. The fourth-order valence-corrected chi connectivity index (χ4v) is 1.24. The maximum atomic E-state index is 10.1. The summed E-state index contributed by atoms with van der Waals surface area (Å²) >= 11 is 0. The first-order chi connectivity index (χ1) is 7.74. The van der Waals surface area contributed by atoms with Crippen LogP contribution in [0.1, 0.15) is 25.8 Å². The van der Waals surface area contributed by atoms with Crippen LogP contribution >= 0.6 is 0 Å². The number of carbonyl (C=O) groups excluding carboxylic acids is 1. The van der Waals surface area contributed by atoms with Crippen molar-refractivity contribution in [3.8, 4) is 5.75 Å². The third-order valence-electron chi connectivity index (χ3n) is 2.16. The minimum absolute atomic E-state index is 0.623. The zero-order valence-corrected chi connectivity index (χ0v) is 9.69. The van der Waals surface area contributed by atoms with Gasteiger partial charge in [-0.1, -0.05) is 32.0 Å². The molecule has 0 N–H and O–H groups in total. The molecule has 0 saturated heterocycles. The van der Waals surface area contributed by atoms with Gasteiger partial charge in [-0.3, -0.25) is 0 Å². The van der Waals surface area contributed by atoms with Gasteiger partial charge < -0.3 is 4.74 Å². The van der Waals surface area contributed by atoms with Crippen molar-refractivity contribution < 1.29 is 9.53 Å². The van der Waals surface area contributed by atoms with Crippen LogP contribution in [0.2, 0.25) is 0 Å². The van der Waals surface area contributed by atoms with Gasteiger partial charge in [0, 0.05) is 11.6 Å². The summed E-state index contributed by atoms with van der Waals surface area (Å²) in [5.74, 6) is 3.01. The highest BCUT2D eigenvalue weighted by Crippen LogP contribution is 2.19. The van der Waals surface area contributed by atoms with Crippen LogP contribution in [-0.2, 0) is 4.79 Å². The highest BCUT2D eigenvalue weighted by Gasteiger charge is 2.00. The largest absolute Gasteiger partial charge is 0.493 e. The van der Waals surface area contributed by atoms with E-state index in [1.165, 1.54) is 0 Å². The zero-order chi connectivity index (χ0) is 11.8. The van der Waals surface area contributed by atoms with Gasteiger partial charge in [0.1, 0.15) is 5.75 Å². The van der Waals surface area contributed by atoms with E-state index in [0.717, 1.165) is 17.7 Å². The van der Waals surface area contributed by atoms with Gasteiger partial charge in [-0.05, 0) is 24.1 Å². The maximum Gasteiger partial charge on any atom is 0.177 e. The topological polar surface area (TPSA) is 26.3 Å². The van der Waals surface area contributed by atoms with Crippen LogP contribution in [-0.4, -0.2) is 12.5 Å². The standard InChI is InChI=1S/C14H16O2/c1-12(2)9-11-16-14-8-4-3-6-13(14)7-5-10-15/h3-4,6-8,12H,9,11H2,1-2H3. The molecule has 0 bridgehead atoms. The minimum atomic E-state index is 0.623. The van der Waals surface area contributed by atoms with E-state index in [4.69, 9.17) is 4.74 Å². The van der Waals surface area contributed by atoms with Gasteiger partial charge in [0.15, 0.2) is 5.94 Å². The lowest BCUT2D eigenvalue weighted by molar-refractivity contribution is 0.289. The van der Waals surface area contributed by atoms with E-state index in [-0.39, 0.29) is 0 Å². The SMILES string of the molecule is CC(C)CCOc1ccccc1C=C=C=O. The fraction of sp³-hybridized carbons (Fsp3) is 0.357. The van der Waals surface area contributed by atoms with Gasteiger partial charge in [-0.25, -0.2) is 4.79 Å². The Kier molecular flexibility index (Phi) is 5.15. The summed E-state index contributed by atoms with van der Waals surface area (Å²) < 4.78 is 5.64. The molecule has 2 nitrogen and oxygen atoms in total. The van der Waals surface area contributed by atoms with Gasteiger partial charge in [-0.15, -0.1) is 0 Å². The zero-order valence-electron chi connectivity index (χ0n) is 9.69. The average Bonchev–Trinajstić information content (AvgIpc) is 2.27. The molecule has 0 radical (unpaired) electrons. The Morgan fingerprint density at radius 2 is 2.12 bits per heavy atom. The van der Waals surface area contributed by atoms with Crippen molar-refractivity contribution in [3.05, 3.63) is 35.6 Å². The van der Waals surface area contributed by atoms with Crippen LogP contribution in [0.25, 0.3) is 6.08 Å². The average molecular weight is 216 g/mol. The molecule has 0 atom stereocenters. The Labute approximate surface area is 96.2 Å². The second kappa shape index (κ2) is 6.68. The number of hydrogen-bond donors (Lipinski definition) is 0. The first kappa shape index (κ1) is 12.3. The Hall–Kier alpha value is -1.75. The Bertz CT molecular complexity index is 408. The molecule has 2 heteroatoms. The first-order valence-electron chi connectivity index (χ1n) is 5.41. The van der Waals surface area contributed by atoms with Crippen LogP contribution in [0.5, 0.6) is 5.75 Å². The summed E-state index contributed by atoms with van der Waals surface area (Å²) in [6.45, 7) is 5.00. The minimum Gasteiger partial charge on any atom is -0.493 e. The number of benzene rings is 1. The van der Waals surface area contributed by atoms with Crippen LogP contribution in [0.15, 0.2) is 30.0 Å². The molecule has 0 aliphatic heterocycles. The molecular formula is C14H16O2. The van der Waals surface area contributed by atoms with E-state index in [0.29, 0.717) is 12.5 Å². The molecule has 16 heavy (non-hydrogen) atoms. The molecule has 0 saturated carbocycles. The van der Waals surface area contributed by atoms with E-state index in [1.807, 2.05) is 24.3 Å². The number of rotatable bonds is 5. The van der Waals surface area contributed by atoms with E-state index >= 15 is 0 Å². The third kappa shape index (κ3) is 4.18. The summed E-state index contributed by atoms with van der Waals surface area (Å²) in [6, 6.07) is 7.58. The highest BCUT2D eigenvalue weighted by atomic mass is 16.5. The predicted molar refractivity (Wildman–Crippen MR) is 65.1 cm³/mol. The van der Waals surface area contributed by atoms with Crippen molar-refractivity contribution in [2.75, 3.05) is 6.61 Å². The Balaban J connectivity index is 2.71. The number of ether oxygens (including phenoxy) is 1. The molecule has 0 unspecified atom stereocenters. The lowest BCUT2D eigenvalue weighted by atomic mass is 10.1. The fourth-order valence-electron chi connectivity index (χ4n) is 1.24. The molecule has 1 rings (SSSR count). The second-order valence-corrected chi connectivity index (χ2v) is 3.96. The van der Waals surface area contributed by atoms with E-state index in [2.05, 4.69) is 19.6 Å². The third-order valence-corrected chi connectivity index (χ3v) is 2.16. The molecular weight excluding hydrogens is 200 g/mol. The lowest BCUT2D eigenvalue weighted by Gasteiger charge is -2.09. The van der Waals surface area contributed by atoms with E-state index in [9.17, 15) is 4.79 Å². The van der Waals surface area contributed by atoms with Gasteiger partial charge in [0.25, 0.3) is 0 Å². The van der Waals surface area contributed by atoms with Crippen LogP contribution in [0, 0.1) is 5.92 Å². The molecule has 1 aromatic rings. The quantitative estimate of drug-likeness (QED) is 0.558. The molecule has 1 aromatic carbocycles. The lowest BCUT2D eigenvalue weighted by Crippen LogP contribution is -2.02. The molecule has 84 valence electrons. The Morgan fingerprint density at radius 3 is 2.81 bits per heavy atom. The Morgan fingerprint density at radius 1 is 1.38 bits per heavy atom. The number of para-hydroxylation sites is 1. The smallest absolute Gasteiger partial charge is 0.177 e. The normalized spacial score (nSPS) is 9.44. The van der Waals surface area contributed by atoms with Crippen LogP contribution in [0.3, 0.4) is 0 Å². The van der Waals surface area contributed by atoms with Crippen molar-refractivity contribution in [3.63, 3.8) is 0 Å². The summed E-state index contributed by atoms with van der Waals surface area (Å²) in [7, 11) is 0. The van der Waals surface area contributed by atoms with Crippen molar-refractivity contribution in [1.82, 2.24) is 0 Å². The number of hydrogen-bond acceptors (Lipinski definition) is 2. The predicted octanol–water partition coefficient (Wildman–Crippen LogP) is 3.11. The van der Waals surface area contributed by atoms with Crippen molar-refractivity contribution >= 4 is 12.0 Å². The van der Waals surface area contributed by atoms with Gasteiger partial charge in [-0.2, -0.15) is 0 Å². The van der Waals surface area contributed by atoms with Crippen LogP contribution in [0.4, 0.5) is 0 Å². The monoisotopic (exact) mass is 216 g/mol. The van der Waals surface area contributed by atoms with Gasteiger partial charge in [0.05, 0.1) is 6.61 Å². The molecule has 0 spiro atoms. The summed E-state index contributed by atoms with van der Waals surface area (Å²) in [5.41, 5.74) is 3.25. The molecule has 0 aliphatic carbocycles. The maximum absolute atomic E-state index is 10.1. The van der Waals surface area contributed by atoms with E-state index < -0.39 is 0 Å². The van der Waals surface area contributed by atoms with E-state index in [1.54, 1.807) is 12.0 Å². The molecule has 0 aliphatic rings. The van der Waals surface area contributed by atoms with Crippen LogP contribution < -0.4 is 4.74 Å². The highest BCUT2D eigenvalue weighted by molar-refractivity contribution is 5.62. The molecule has 0 fully saturated rings. The van der Waals surface area contributed by atoms with Crippen molar-refractivity contribution in [2.45, 2.75) is 20.3 Å². The first-order valence-corrected chi connectivity index (χ1v) is 5.41. The molecule has 0 aromatic heterocycles. The molecule has 0 heterocycles. The van der Waals surface area contributed by atoms with Crippen molar-refractivity contribution in [1.29, 1.82) is 0 Å². The second-order valence-electron chi connectivity index (χ2n) is 3.96. The summed E-state index contributed by atoms with van der Waals surface area (Å²) in [5, 5.41) is 0. The van der Waals surface area contributed by atoms with Gasteiger partial charge >= 0.3 is 0 Å². The van der Waals surface area contributed by atoms with Crippen molar-refractivity contribution in [2.24, 2.45) is 5.92 Å². The summed E-state index contributed by atoms with van der Waals surface area (Å²) in [4.78, 5) is 10.1. The molecule has 0 amide bonds.